The van der Waals surface area contributed by atoms with Gasteiger partial charge in [0.1, 0.15) is 0 Å². The van der Waals surface area contributed by atoms with Crippen LogP contribution in [0.5, 0.6) is 0 Å². The summed E-state index contributed by atoms with van der Waals surface area (Å²) in [6, 6.07) is 4.12. The third-order valence-corrected chi connectivity index (χ3v) is 4.00. The monoisotopic (exact) mass is 261 g/mol. The minimum Gasteiger partial charge on any atom is -0.353 e. The number of carbonyl (C=O) groups excluding carboxylic acids is 1. The molecule has 0 aromatic carbocycles. The van der Waals surface area contributed by atoms with Crippen molar-refractivity contribution in [3.8, 4) is 0 Å². The van der Waals surface area contributed by atoms with E-state index in [1.54, 1.807) is 6.20 Å². The molecule has 1 fully saturated rings. The van der Waals surface area contributed by atoms with Gasteiger partial charge >= 0.3 is 0 Å². The number of carbonyl (C=O) groups is 1. The molecular formula is C15H23N3O. The van der Waals surface area contributed by atoms with E-state index in [2.05, 4.69) is 10.3 Å². The first-order chi connectivity index (χ1) is 9.20. The fourth-order valence-electron chi connectivity index (χ4n) is 2.79. The summed E-state index contributed by atoms with van der Waals surface area (Å²) in [5.41, 5.74) is 7.71. The molecule has 2 atom stereocenters. The summed E-state index contributed by atoms with van der Waals surface area (Å²) in [7, 11) is 0. The van der Waals surface area contributed by atoms with Gasteiger partial charge in [-0.1, -0.05) is 18.9 Å². The zero-order chi connectivity index (χ0) is 13.7. The molecule has 1 aromatic rings. The van der Waals surface area contributed by atoms with Crippen LogP contribution in [0, 0.1) is 12.8 Å². The highest BCUT2D eigenvalue weighted by atomic mass is 16.1. The predicted molar refractivity (Wildman–Crippen MR) is 75.6 cm³/mol. The molecule has 4 heteroatoms. The molecule has 1 aliphatic carbocycles. The summed E-state index contributed by atoms with van der Waals surface area (Å²) in [5.74, 6) is 0.495. The van der Waals surface area contributed by atoms with Gasteiger partial charge in [0.25, 0.3) is 0 Å². The highest BCUT2D eigenvalue weighted by molar-refractivity contribution is 5.78. The number of hydrogen-bond acceptors (Lipinski definition) is 3. The molecule has 1 aromatic heterocycles. The number of nitrogens with one attached hydrogen (secondary N) is 1. The first kappa shape index (κ1) is 14.0. The van der Waals surface area contributed by atoms with Crippen molar-refractivity contribution in [1.29, 1.82) is 0 Å². The van der Waals surface area contributed by atoms with Crippen LogP contribution in [-0.4, -0.2) is 23.5 Å². The van der Waals surface area contributed by atoms with Crippen LogP contribution in [0.4, 0.5) is 0 Å². The lowest BCUT2D eigenvalue weighted by atomic mass is 9.84. The average Bonchev–Trinajstić information content (AvgIpc) is 2.42. The molecule has 19 heavy (non-hydrogen) atoms. The second kappa shape index (κ2) is 6.66. The molecule has 0 bridgehead atoms. The summed E-state index contributed by atoms with van der Waals surface area (Å²) in [4.78, 5) is 16.4. The topological polar surface area (TPSA) is 68.0 Å². The number of pyridine rings is 1. The van der Waals surface area contributed by atoms with E-state index in [1.807, 2.05) is 19.1 Å². The van der Waals surface area contributed by atoms with E-state index in [0.29, 0.717) is 18.9 Å². The van der Waals surface area contributed by atoms with Gasteiger partial charge in [0, 0.05) is 12.2 Å². The van der Waals surface area contributed by atoms with Gasteiger partial charge < -0.3 is 11.1 Å². The third kappa shape index (κ3) is 3.77. The summed E-state index contributed by atoms with van der Waals surface area (Å²) in [6.07, 6.45) is 6.69. The molecule has 2 rings (SSSR count). The molecule has 0 spiro atoms. The predicted octanol–water partition coefficient (Wildman–Crippen LogP) is 1.57. The van der Waals surface area contributed by atoms with Crippen LogP contribution >= 0.6 is 0 Å². The standard InChI is InChI=1S/C15H23N3O/c1-11-5-4-8-17-14(11)9-15(19)18-13-7-3-2-6-12(13)10-16/h4-5,8,12-13H,2-3,6-7,9-10,16H2,1H3,(H,18,19). The number of hydrogen-bond donors (Lipinski definition) is 2. The second-order valence-electron chi connectivity index (χ2n) is 5.40. The number of amides is 1. The lowest BCUT2D eigenvalue weighted by molar-refractivity contribution is -0.121. The van der Waals surface area contributed by atoms with Crippen molar-refractivity contribution < 1.29 is 4.79 Å². The van der Waals surface area contributed by atoms with Crippen molar-refractivity contribution in [1.82, 2.24) is 10.3 Å². The largest absolute Gasteiger partial charge is 0.353 e. The van der Waals surface area contributed by atoms with Crippen LogP contribution in [-0.2, 0) is 11.2 Å². The number of nitrogens with zero attached hydrogens (tertiary/aromatic N) is 1. The molecule has 1 heterocycles. The Morgan fingerprint density at radius 3 is 3.00 bits per heavy atom. The molecular weight excluding hydrogens is 238 g/mol. The maximum atomic E-state index is 12.1. The number of rotatable bonds is 4. The fraction of sp³-hybridized carbons (Fsp3) is 0.600. The molecule has 104 valence electrons. The van der Waals surface area contributed by atoms with Gasteiger partial charge in [-0.3, -0.25) is 9.78 Å². The van der Waals surface area contributed by atoms with E-state index >= 15 is 0 Å². The molecule has 0 saturated heterocycles. The van der Waals surface area contributed by atoms with Gasteiger partial charge in [-0.05, 0) is 43.9 Å². The third-order valence-electron chi connectivity index (χ3n) is 4.00. The Labute approximate surface area is 114 Å². The molecule has 2 unspecified atom stereocenters. The van der Waals surface area contributed by atoms with Crippen LogP contribution in [0.3, 0.4) is 0 Å². The Kier molecular flexibility index (Phi) is 4.91. The molecule has 1 saturated carbocycles. The molecule has 0 radical (unpaired) electrons. The maximum absolute atomic E-state index is 12.1. The van der Waals surface area contributed by atoms with E-state index in [-0.39, 0.29) is 11.9 Å². The van der Waals surface area contributed by atoms with Crippen molar-refractivity contribution in [3.05, 3.63) is 29.6 Å². The van der Waals surface area contributed by atoms with Gasteiger partial charge in [-0.15, -0.1) is 0 Å². The number of aromatic nitrogens is 1. The first-order valence-electron chi connectivity index (χ1n) is 7.10. The lowest BCUT2D eigenvalue weighted by Crippen LogP contribution is -2.45. The fourth-order valence-corrected chi connectivity index (χ4v) is 2.79. The van der Waals surface area contributed by atoms with Gasteiger partial charge in [-0.2, -0.15) is 0 Å². The van der Waals surface area contributed by atoms with Crippen LogP contribution in [0.2, 0.25) is 0 Å². The van der Waals surface area contributed by atoms with E-state index in [0.717, 1.165) is 24.1 Å². The summed E-state index contributed by atoms with van der Waals surface area (Å²) in [6.45, 7) is 2.65. The Balaban J connectivity index is 1.92. The van der Waals surface area contributed by atoms with Crippen molar-refractivity contribution >= 4 is 5.91 Å². The van der Waals surface area contributed by atoms with Crippen LogP contribution in [0.25, 0.3) is 0 Å². The summed E-state index contributed by atoms with van der Waals surface area (Å²) in [5, 5.41) is 3.14. The summed E-state index contributed by atoms with van der Waals surface area (Å²) >= 11 is 0. The van der Waals surface area contributed by atoms with Gasteiger partial charge in [-0.25, -0.2) is 0 Å². The van der Waals surface area contributed by atoms with Gasteiger partial charge in [0.05, 0.1) is 12.1 Å². The van der Waals surface area contributed by atoms with Crippen molar-refractivity contribution in [2.75, 3.05) is 6.54 Å². The highest BCUT2D eigenvalue weighted by Gasteiger charge is 2.25. The van der Waals surface area contributed by atoms with Crippen LogP contribution in [0.1, 0.15) is 36.9 Å². The molecule has 4 nitrogen and oxygen atoms in total. The number of aryl methyl sites for hydroxylation is 1. The van der Waals surface area contributed by atoms with Gasteiger partial charge in [0.15, 0.2) is 0 Å². The first-order valence-corrected chi connectivity index (χ1v) is 7.10. The summed E-state index contributed by atoms with van der Waals surface area (Å²) < 4.78 is 0. The minimum absolute atomic E-state index is 0.0622. The van der Waals surface area contributed by atoms with Crippen molar-refractivity contribution in [3.63, 3.8) is 0 Å². The van der Waals surface area contributed by atoms with E-state index in [1.165, 1.54) is 12.8 Å². The quantitative estimate of drug-likeness (QED) is 0.864. The highest BCUT2D eigenvalue weighted by Crippen LogP contribution is 2.23. The molecule has 3 N–H and O–H groups in total. The zero-order valence-electron chi connectivity index (χ0n) is 11.6. The Hall–Kier alpha value is -1.42. The Morgan fingerprint density at radius 1 is 1.47 bits per heavy atom. The zero-order valence-corrected chi connectivity index (χ0v) is 11.6. The normalized spacial score (nSPS) is 23.1. The molecule has 0 aliphatic heterocycles. The van der Waals surface area contributed by atoms with E-state index < -0.39 is 0 Å². The van der Waals surface area contributed by atoms with Gasteiger partial charge in [0.2, 0.25) is 5.91 Å². The maximum Gasteiger partial charge on any atom is 0.226 e. The minimum atomic E-state index is 0.0622. The Bertz CT molecular complexity index is 433. The van der Waals surface area contributed by atoms with Crippen LogP contribution in [0.15, 0.2) is 18.3 Å². The average molecular weight is 261 g/mol. The van der Waals surface area contributed by atoms with E-state index in [9.17, 15) is 4.79 Å². The van der Waals surface area contributed by atoms with Crippen LogP contribution < -0.4 is 11.1 Å². The Morgan fingerprint density at radius 2 is 2.26 bits per heavy atom. The number of nitrogens with two attached hydrogens (primary N) is 1. The van der Waals surface area contributed by atoms with Crippen molar-refractivity contribution in [2.24, 2.45) is 11.7 Å². The second-order valence-corrected chi connectivity index (χ2v) is 5.40. The molecule has 1 amide bonds. The SMILES string of the molecule is Cc1cccnc1CC(=O)NC1CCCCC1CN. The smallest absolute Gasteiger partial charge is 0.226 e. The lowest BCUT2D eigenvalue weighted by Gasteiger charge is -2.31. The van der Waals surface area contributed by atoms with Crippen molar-refractivity contribution in [2.45, 2.75) is 45.1 Å². The molecule has 1 aliphatic rings. The van der Waals surface area contributed by atoms with E-state index in [4.69, 9.17) is 5.73 Å².